The van der Waals surface area contributed by atoms with Crippen molar-refractivity contribution in [2.45, 2.75) is 0 Å². The molecule has 0 atom stereocenters. The van der Waals surface area contributed by atoms with Gasteiger partial charge in [0, 0.05) is 22.3 Å². The maximum absolute atomic E-state index is 6.35. The lowest BCUT2D eigenvalue weighted by Gasteiger charge is -2.27. The molecule has 1 heterocycles. The van der Waals surface area contributed by atoms with Gasteiger partial charge in [-0.05, 0) is 138 Å². The summed E-state index contributed by atoms with van der Waals surface area (Å²) in [6.07, 6.45) is 6.18. The molecule has 0 saturated carbocycles. The Labute approximate surface area is 349 Å². The number of nitrogens with zero attached hydrogens (tertiary/aromatic N) is 1. The van der Waals surface area contributed by atoms with Crippen molar-refractivity contribution in [2.75, 3.05) is 4.90 Å². The molecule has 2 nitrogen and oxygen atoms in total. The van der Waals surface area contributed by atoms with Crippen molar-refractivity contribution in [2.24, 2.45) is 0 Å². The molecule has 2 heteroatoms. The van der Waals surface area contributed by atoms with Crippen LogP contribution in [0.4, 0.5) is 17.1 Å². The summed E-state index contributed by atoms with van der Waals surface area (Å²) in [5.41, 5.74) is 10.9. The molecule has 1 aromatic heterocycles. The lowest BCUT2D eigenvalue weighted by atomic mass is 9.93. The zero-order valence-corrected chi connectivity index (χ0v) is 32.9. The fourth-order valence-electron chi connectivity index (χ4n) is 8.83. The average molecular weight is 766 g/mol. The second kappa shape index (κ2) is 14.8. The van der Waals surface area contributed by atoms with E-state index in [0.29, 0.717) is 0 Å². The van der Waals surface area contributed by atoms with Gasteiger partial charge in [-0.15, -0.1) is 0 Å². The van der Waals surface area contributed by atoms with E-state index in [2.05, 4.69) is 230 Å². The number of benzene rings is 10. The number of furan rings is 1. The third kappa shape index (κ3) is 6.23. The van der Waals surface area contributed by atoms with E-state index < -0.39 is 0 Å². The number of hydrogen-bond acceptors (Lipinski definition) is 2. The van der Waals surface area contributed by atoms with E-state index in [4.69, 9.17) is 4.42 Å². The van der Waals surface area contributed by atoms with E-state index >= 15 is 0 Å². The normalized spacial score (nSPS) is 11.7. The predicted octanol–water partition coefficient (Wildman–Crippen LogP) is 16.7. The van der Waals surface area contributed by atoms with Gasteiger partial charge in [0.25, 0.3) is 0 Å². The number of anilines is 3. The molecule has 0 unspecified atom stereocenters. The molecule has 0 N–H and O–H groups in total. The Morgan fingerprint density at radius 1 is 0.400 bits per heavy atom. The largest absolute Gasteiger partial charge is 0.456 e. The first-order valence-electron chi connectivity index (χ1n) is 20.4. The number of fused-ring (bicyclic) bond motifs is 6. The molecule has 0 radical (unpaired) electrons. The van der Waals surface area contributed by atoms with Crippen molar-refractivity contribution in [3.8, 4) is 22.3 Å². The maximum Gasteiger partial charge on any atom is 0.136 e. The Kier molecular flexibility index (Phi) is 8.68. The molecule has 11 aromatic rings. The SMILES string of the molecule is C=Cc1oc2cc3ccccc3cc2c1/C=C/c1ccccc1N(c1ccc(-c2ccc3ccccc3c2)cc1)c1ccc(-c2cc3ccccc3c3ccccc23)cc1. The number of para-hydroxylation sites is 1. The van der Waals surface area contributed by atoms with E-state index in [1.807, 2.05) is 0 Å². The van der Waals surface area contributed by atoms with Gasteiger partial charge in [0.1, 0.15) is 11.3 Å². The molecule has 60 heavy (non-hydrogen) atoms. The summed E-state index contributed by atoms with van der Waals surface area (Å²) in [7, 11) is 0. The molecule has 0 bridgehead atoms. The van der Waals surface area contributed by atoms with Crippen molar-refractivity contribution in [3.63, 3.8) is 0 Å². The van der Waals surface area contributed by atoms with Crippen LogP contribution in [-0.2, 0) is 0 Å². The molecule has 0 spiro atoms. The highest BCUT2D eigenvalue weighted by atomic mass is 16.3. The van der Waals surface area contributed by atoms with Crippen LogP contribution < -0.4 is 4.90 Å². The van der Waals surface area contributed by atoms with E-state index in [-0.39, 0.29) is 0 Å². The lowest BCUT2D eigenvalue weighted by molar-refractivity contribution is 0.604. The lowest BCUT2D eigenvalue weighted by Crippen LogP contribution is -2.11. The summed E-state index contributed by atoms with van der Waals surface area (Å²) in [4.78, 5) is 2.36. The Morgan fingerprint density at radius 3 is 1.70 bits per heavy atom. The van der Waals surface area contributed by atoms with Crippen LogP contribution in [0.2, 0.25) is 0 Å². The van der Waals surface area contributed by atoms with E-state index in [1.165, 1.54) is 60.0 Å². The molecular formula is C58H39NO. The minimum atomic E-state index is 0.756. The Balaban J connectivity index is 1.03. The Bertz CT molecular complexity index is 3440. The van der Waals surface area contributed by atoms with Crippen LogP contribution in [0.25, 0.3) is 94.5 Å². The van der Waals surface area contributed by atoms with E-state index in [0.717, 1.165) is 50.3 Å². The van der Waals surface area contributed by atoms with Crippen LogP contribution in [0.1, 0.15) is 16.9 Å². The van der Waals surface area contributed by atoms with Crippen molar-refractivity contribution in [1.82, 2.24) is 0 Å². The molecule has 0 saturated heterocycles. The standard InChI is InChI=1S/C58H39NO/c1-2-57-53(55-36-44-16-5-6-17-45(44)38-58(55)60-57)34-29-42-14-8-12-22-56(42)59(48-30-25-40(26-31-48)46-24-23-39-13-3-4-15-43(39)35-46)49-32-27-41(28-33-49)54-37-47-18-7-9-19-50(47)51-20-10-11-21-52(51)54/h2-38H,1H2/b34-29+. The molecule has 0 aliphatic heterocycles. The summed E-state index contributed by atoms with van der Waals surface area (Å²) in [6, 6.07) is 74.3. The summed E-state index contributed by atoms with van der Waals surface area (Å²) >= 11 is 0. The smallest absolute Gasteiger partial charge is 0.136 e. The van der Waals surface area contributed by atoms with Gasteiger partial charge in [-0.2, -0.15) is 0 Å². The number of hydrogen-bond donors (Lipinski definition) is 0. The summed E-state index contributed by atoms with van der Waals surface area (Å²) in [6.45, 7) is 4.10. The second-order valence-corrected chi connectivity index (χ2v) is 15.4. The van der Waals surface area contributed by atoms with Gasteiger partial charge in [0.15, 0.2) is 0 Å². The first-order valence-corrected chi connectivity index (χ1v) is 20.4. The molecule has 11 rings (SSSR count). The van der Waals surface area contributed by atoms with E-state index in [1.54, 1.807) is 6.08 Å². The predicted molar refractivity (Wildman–Crippen MR) is 257 cm³/mol. The third-order valence-corrected chi connectivity index (χ3v) is 11.8. The van der Waals surface area contributed by atoms with Crippen LogP contribution in [0.3, 0.4) is 0 Å². The van der Waals surface area contributed by atoms with Crippen LogP contribution in [0.15, 0.2) is 217 Å². The van der Waals surface area contributed by atoms with Gasteiger partial charge < -0.3 is 9.32 Å². The third-order valence-electron chi connectivity index (χ3n) is 11.8. The molecule has 10 aromatic carbocycles. The van der Waals surface area contributed by atoms with Gasteiger partial charge in [0.2, 0.25) is 0 Å². The van der Waals surface area contributed by atoms with Crippen molar-refractivity contribution in [1.29, 1.82) is 0 Å². The van der Waals surface area contributed by atoms with Gasteiger partial charge in [-0.25, -0.2) is 0 Å². The van der Waals surface area contributed by atoms with Gasteiger partial charge in [0.05, 0.1) is 5.69 Å². The molecule has 282 valence electrons. The van der Waals surface area contributed by atoms with Gasteiger partial charge in [-0.1, -0.05) is 164 Å². The second-order valence-electron chi connectivity index (χ2n) is 15.4. The topological polar surface area (TPSA) is 16.4 Å². The maximum atomic E-state index is 6.35. The van der Waals surface area contributed by atoms with Crippen LogP contribution in [0, 0.1) is 0 Å². The van der Waals surface area contributed by atoms with E-state index in [9.17, 15) is 0 Å². The van der Waals surface area contributed by atoms with Crippen LogP contribution in [-0.4, -0.2) is 0 Å². The average Bonchev–Trinajstić information content (AvgIpc) is 3.66. The van der Waals surface area contributed by atoms with Crippen molar-refractivity contribution < 1.29 is 4.42 Å². The molecule has 0 aliphatic carbocycles. The van der Waals surface area contributed by atoms with Gasteiger partial charge in [-0.3, -0.25) is 0 Å². The fourth-order valence-corrected chi connectivity index (χ4v) is 8.83. The summed E-state index contributed by atoms with van der Waals surface area (Å²) < 4.78 is 6.35. The van der Waals surface area contributed by atoms with Crippen molar-refractivity contribution in [3.05, 3.63) is 230 Å². The highest BCUT2D eigenvalue weighted by Crippen LogP contribution is 2.41. The monoisotopic (exact) mass is 765 g/mol. The van der Waals surface area contributed by atoms with Crippen LogP contribution >= 0.6 is 0 Å². The molecule has 0 amide bonds. The Morgan fingerprint density at radius 2 is 0.967 bits per heavy atom. The first kappa shape index (κ1) is 35.2. The highest BCUT2D eigenvalue weighted by molar-refractivity contribution is 6.14. The number of rotatable bonds is 8. The molecular weight excluding hydrogens is 727 g/mol. The minimum absolute atomic E-state index is 0.756. The minimum Gasteiger partial charge on any atom is -0.456 e. The molecule has 0 fully saturated rings. The summed E-state index contributed by atoms with van der Waals surface area (Å²) in [5.74, 6) is 0.756. The zero-order valence-electron chi connectivity index (χ0n) is 32.9. The van der Waals surface area contributed by atoms with Crippen molar-refractivity contribution >= 4 is 89.3 Å². The Hall–Kier alpha value is -7.94. The quantitative estimate of drug-likeness (QED) is 0.143. The van der Waals surface area contributed by atoms with Gasteiger partial charge >= 0.3 is 0 Å². The highest BCUT2D eigenvalue weighted by Gasteiger charge is 2.18. The zero-order chi connectivity index (χ0) is 40.0. The van der Waals surface area contributed by atoms with Crippen LogP contribution in [0.5, 0.6) is 0 Å². The molecule has 0 aliphatic rings. The fraction of sp³-hybridized carbons (Fsp3) is 0. The summed E-state index contributed by atoms with van der Waals surface area (Å²) in [5, 5.41) is 10.9. The first-order chi connectivity index (χ1) is 29.7.